The van der Waals surface area contributed by atoms with Crippen LogP contribution in [0.2, 0.25) is 0 Å². The second-order valence-corrected chi connectivity index (χ2v) is 8.73. The van der Waals surface area contributed by atoms with Crippen molar-refractivity contribution in [3.8, 4) is 0 Å². The van der Waals surface area contributed by atoms with Gasteiger partial charge in [0.2, 0.25) is 0 Å². The van der Waals surface area contributed by atoms with Gasteiger partial charge in [-0.1, -0.05) is 24.3 Å². The molecule has 2 aliphatic rings. The molecule has 2 aliphatic heterocycles. The molecule has 7 nitrogen and oxygen atoms in total. The van der Waals surface area contributed by atoms with E-state index in [0.717, 1.165) is 64.6 Å². The lowest BCUT2D eigenvalue weighted by Gasteiger charge is -2.35. The number of aliphatic imine (C=N–C) groups is 1. The van der Waals surface area contributed by atoms with Crippen LogP contribution in [0, 0.1) is 0 Å². The highest BCUT2D eigenvalue weighted by atomic mass is 16.5. The highest BCUT2D eigenvalue weighted by Gasteiger charge is 2.23. The molecule has 2 saturated heterocycles. The van der Waals surface area contributed by atoms with Crippen LogP contribution in [0.3, 0.4) is 0 Å². The van der Waals surface area contributed by atoms with Gasteiger partial charge in [-0.05, 0) is 50.2 Å². The third-order valence-corrected chi connectivity index (χ3v) is 6.23. The average molecular weight is 440 g/mol. The van der Waals surface area contributed by atoms with Gasteiger partial charge in [-0.3, -0.25) is 0 Å². The van der Waals surface area contributed by atoms with Crippen LogP contribution in [0.25, 0.3) is 0 Å². The Morgan fingerprint density at radius 1 is 1.16 bits per heavy atom. The Hall–Kier alpha value is -2.38. The van der Waals surface area contributed by atoms with Crippen LogP contribution in [0.5, 0.6) is 0 Å². The zero-order valence-corrected chi connectivity index (χ0v) is 19.3. The number of likely N-dealkylation sites (tertiary alicyclic amines) is 1. The molecule has 4 rings (SSSR count). The number of nitrogens with one attached hydrogen (secondary N) is 1. The maximum Gasteiger partial charge on any atom is 0.194 e. The SMILES string of the molecule is CCNC(=NCc1ccc(Cn2ccnc2)cc1)N1CCC(OCC2CCCCO2)CC1. The van der Waals surface area contributed by atoms with E-state index < -0.39 is 0 Å². The van der Waals surface area contributed by atoms with Crippen molar-refractivity contribution in [2.75, 3.05) is 32.8 Å². The maximum absolute atomic E-state index is 6.17. The molecule has 7 heteroatoms. The number of nitrogens with zero attached hydrogens (tertiary/aromatic N) is 4. The predicted octanol–water partition coefficient (Wildman–Crippen LogP) is 3.45. The van der Waals surface area contributed by atoms with Crippen molar-refractivity contribution in [1.29, 1.82) is 0 Å². The zero-order chi connectivity index (χ0) is 22.0. The molecule has 0 radical (unpaired) electrons. The molecule has 32 heavy (non-hydrogen) atoms. The summed E-state index contributed by atoms with van der Waals surface area (Å²) >= 11 is 0. The molecule has 1 aromatic carbocycles. The van der Waals surface area contributed by atoms with Crippen LogP contribution in [0.1, 0.15) is 50.2 Å². The van der Waals surface area contributed by atoms with Crippen molar-refractivity contribution >= 4 is 5.96 Å². The van der Waals surface area contributed by atoms with Crippen LogP contribution in [0.4, 0.5) is 0 Å². The second kappa shape index (κ2) is 12.0. The monoisotopic (exact) mass is 439 g/mol. The summed E-state index contributed by atoms with van der Waals surface area (Å²) in [6, 6.07) is 8.70. The van der Waals surface area contributed by atoms with Gasteiger partial charge < -0.3 is 24.3 Å². The van der Waals surface area contributed by atoms with Gasteiger partial charge in [0.05, 0.1) is 31.7 Å². The molecule has 1 unspecified atom stereocenters. The van der Waals surface area contributed by atoms with Crippen LogP contribution < -0.4 is 5.32 Å². The summed E-state index contributed by atoms with van der Waals surface area (Å²) < 4.78 is 14.0. The minimum Gasteiger partial charge on any atom is -0.376 e. The van der Waals surface area contributed by atoms with Crippen LogP contribution in [-0.2, 0) is 22.6 Å². The first-order chi connectivity index (χ1) is 15.8. The second-order valence-electron chi connectivity index (χ2n) is 8.73. The molecule has 1 atom stereocenters. The fourth-order valence-corrected chi connectivity index (χ4v) is 4.35. The van der Waals surface area contributed by atoms with Crippen molar-refractivity contribution in [1.82, 2.24) is 19.8 Å². The van der Waals surface area contributed by atoms with Gasteiger partial charge in [0, 0.05) is 45.2 Å². The summed E-state index contributed by atoms with van der Waals surface area (Å²) in [5.41, 5.74) is 2.49. The van der Waals surface area contributed by atoms with Crippen LogP contribution in [0.15, 0.2) is 48.0 Å². The molecule has 1 aromatic heterocycles. The van der Waals surface area contributed by atoms with Gasteiger partial charge in [0.15, 0.2) is 5.96 Å². The van der Waals surface area contributed by atoms with E-state index in [1.54, 1.807) is 0 Å². The summed E-state index contributed by atoms with van der Waals surface area (Å²) in [5, 5.41) is 3.47. The van der Waals surface area contributed by atoms with Gasteiger partial charge in [-0.15, -0.1) is 0 Å². The Balaban J connectivity index is 1.24. The first-order valence-corrected chi connectivity index (χ1v) is 12.1. The molecule has 2 aromatic rings. The van der Waals surface area contributed by atoms with Crippen molar-refractivity contribution in [3.63, 3.8) is 0 Å². The summed E-state index contributed by atoms with van der Waals surface area (Å²) in [6.07, 6.45) is 12.0. The van der Waals surface area contributed by atoms with Crippen molar-refractivity contribution in [3.05, 3.63) is 54.1 Å². The van der Waals surface area contributed by atoms with E-state index in [1.807, 2.05) is 18.7 Å². The predicted molar refractivity (Wildman–Crippen MR) is 127 cm³/mol. The Morgan fingerprint density at radius 2 is 1.97 bits per heavy atom. The van der Waals surface area contributed by atoms with E-state index in [2.05, 4.69) is 51.0 Å². The van der Waals surface area contributed by atoms with E-state index in [9.17, 15) is 0 Å². The molecule has 0 bridgehead atoms. The first kappa shape index (κ1) is 22.8. The zero-order valence-electron chi connectivity index (χ0n) is 19.3. The number of aromatic nitrogens is 2. The molecule has 174 valence electrons. The summed E-state index contributed by atoms with van der Waals surface area (Å²) in [6.45, 7) is 8.12. The Labute approximate surface area is 191 Å². The maximum atomic E-state index is 6.17. The normalized spacial score (nSPS) is 20.5. The number of benzene rings is 1. The lowest BCUT2D eigenvalue weighted by atomic mass is 10.1. The van der Waals surface area contributed by atoms with E-state index in [1.165, 1.54) is 24.0 Å². The number of ether oxygens (including phenoxy) is 2. The van der Waals surface area contributed by atoms with Crippen LogP contribution >= 0.6 is 0 Å². The number of hydrogen-bond acceptors (Lipinski definition) is 4. The van der Waals surface area contributed by atoms with Crippen molar-refractivity contribution in [2.45, 2.75) is 64.3 Å². The van der Waals surface area contributed by atoms with E-state index in [-0.39, 0.29) is 0 Å². The minimum absolute atomic E-state index is 0.298. The molecule has 2 fully saturated rings. The number of imidazole rings is 1. The molecule has 0 amide bonds. The molecule has 0 aliphatic carbocycles. The van der Waals surface area contributed by atoms with Crippen molar-refractivity contribution < 1.29 is 9.47 Å². The van der Waals surface area contributed by atoms with Gasteiger partial charge >= 0.3 is 0 Å². The van der Waals surface area contributed by atoms with E-state index in [4.69, 9.17) is 14.5 Å². The first-order valence-electron chi connectivity index (χ1n) is 12.1. The van der Waals surface area contributed by atoms with Gasteiger partial charge in [-0.25, -0.2) is 9.98 Å². The topological polar surface area (TPSA) is 63.9 Å². The highest BCUT2D eigenvalue weighted by molar-refractivity contribution is 5.80. The third-order valence-electron chi connectivity index (χ3n) is 6.23. The molecule has 3 heterocycles. The number of hydrogen-bond donors (Lipinski definition) is 1. The standard InChI is InChI=1S/C25H37N5O2/c1-2-27-25(28-17-21-6-8-22(9-7-21)18-29-15-12-26-20-29)30-13-10-23(11-14-30)32-19-24-5-3-4-16-31-24/h6-9,12,15,20,23-24H,2-5,10-11,13-14,16-19H2,1H3,(H,27,28). The summed E-state index contributed by atoms with van der Waals surface area (Å²) in [7, 11) is 0. The van der Waals surface area contributed by atoms with E-state index in [0.29, 0.717) is 18.8 Å². The van der Waals surface area contributed by atoms with E-state index >= 15 is 0 Å². The minimum atomic E-state index is 0.298. The van der Waals surface area contributed by atoms with Gasteiger partial charge in [-0.2, -0.15) is 0 Å². The van der Waals surface area contributed by atoms with Crippen molar-refractivity contribution in [2.24, 2.45) is 4.99 Å². The largest absolute Gasteiger partial charge is 0.376 e. The summed E-state index contributed by atoms with van der Waals surface area (Å²) in [4.78, 5) is 11.4. The van der Waals surface area contributed by atoms with Gasteiger partial charge in [0.1, 0.15) is 0 Å². The highest BCUT2D eigenvalue weighted by Crippen LogP contribution is 2.18. The number of guanidine groups is 1. The molecule has 1 N–H and O–H groups in total. The Kier molecular flexibility index (Phi) is 8.56. The molecular formula is C25H37N5O2. The summed E-state index contributed by atoms with van der Waals surface area (Å²) in [5.74, 6) is 1.00. The van der Waals surface area contributed by atoms with Crippen LogP contribution in [-0.4, -0.2) is 65.5 Å². The smallest absolute Gasteiger partial charge is 0.194 e. The Morgan fingerprint density at radius 3 is 2.66 bits per heavy atom. The van der Waals surface area contributed by atoms with Gasteiger partial charge in [0.25, 0.3) is 0 Å². The fraction of sp³-hybridized carbons (Fsp3) is 0.600. The molecular weight excluding hydrogens is 402 g/mol. The molecule has 0 spiro atoms. The number of piperidine rings is 1. The number of rotatable bonds is 8. The average Bonchev–Trinajstić information content (AvgIpc) is 3.35. The quantitative estimate of drug-likeness (QED) is 0.504. The fourth-order valence-electron chi connectivity index (χ4n) is 4.35. The molecule has 0 saturated carbocycles. The third kappa shape index (κ3) is 6.81. The lowest BCUT2D eigenvalue weighted by Crippen LogP contribution is -2.47. The lowest BCUT2D eigenvalue weighted by molar-refractivity contribution is -0.0721. The Bertz CT molecular complexity index is 807.